The summed E-state index contributed by atoms with van der Waals surface area (Å²) in [6.45, 7) is 2.31. The first kappa shape index (κ1) is 18.5. The number of carboxylic acid groups (broad SMARTS) is 1. The summed E-state index contributed by atoms with van der Waals surface area (Å²) in [6, 6.07) is 6.16. The molecule has 1 aliphatic carbocycles. The number of nitrogens with zero attached hydrogens (tertiary/aromatic N) is 1. The van der Waals surface area contributed by atoms with Crippen molar-refractivity contribution in [1.29, 1.82) is 0 Å². The molecule has 1 amide bonds. The van der Waals surface area contributed by atoms with Crippen LogP contribution in [0.1, 0.15) is 41.0 Å². The highest BCUT2D eigenvalue weighted by molar-refractivity contribution is 7.17. The Balaban J connectivity index is 1.60. The molecule has 5 nitrogen and oxygen atoms in total. The van der Waals surface area contributed by atoms with E-state index >= 15 is 0 Å². The number of aliphatic carboxylic acids is 1. The molecule has 0 unspecified atom stereocenters. The van der Waals surface area contributed by atoms with E-state index in [0.29, 0.717) is 46.4 Å². The van der Waals surface area contributed by atoms with Crippen molar-refractivity contribution in [3.05, 3.63) is 40.7 Å². The van der Waals surface area contributed by atoms with E-state index in [2.05, 4.69) is 10.3 Å². The van der Waals surface area contributed by atoms with Gasteiger partial charge in [0.1, 0.15) is 15.7 Å². The molecule has 1 aliphatic rings. The molecule has 1 aromatic heterocycles. The predicted molar refractivity (Wildman–Crippen MR) is 97.7 cm³/mol. The highest BCUT2D eigenvalue weighted by atomic mass is 32.1. The van der Waals surface area contributed by atoms with Crippen molar-refractivity contribution in [2.24, 2.45) is 11.8 Å². The topological polar surface area (TPSA) is 79.3 Å². The summed E-state index contributed by atoms with van der Waals surface area (Å²) in [4.78, 5) is 28.4. The maximum absolute atomic E-state index is 13.4. The largest absolute Gasteiger partial charge is 0.481 e. The Kier molecular flexibility index (Phi) is 5.66. The van der Waals surface area contributed by atoms with Crippen molar-refractivity contribution in [1.82, 2.24) is 10.3 Å². The molecule has 2 N–H and O–H groups in total. The summed E-state index contributed by atoms with van der Waals surface area (Å²) in [7, 11) is 0. The third-order valence-corrected chi connectivity index (χ3v) is 6.03. The number of benzene rings is 1. The first-order valence-electron chi connectivity index (χ1n) is 8.68. The Morgan fingerprint density at radius 3 is 2.69 bits per heavy atom. The number of amides is 1. The van der Waals surface area contributed by atoms with Crippen LogP contribution in [-0.2, 0) is 4.79 Å². The second kappa shape index (κ2) is 7.95. The van der Waals surface area contributed by atoms with Crippen molar-refractivity contribution in [3.63, 3.8) is 0 Å². The summed E-state index contributed by atoms with van der Waals surface area (Å²) >= 11 is 1.25. The number of carbonyl (C=O) groups excluding carboxylic acids is 1. The van der Waals surface area contributed by atoms with Gasteiger partial charge in [0.25, 0.3) is 5.91 Å². The third kappa shape index (κ3) is 4.27. The molecule has 0 aliphatic heterocycles. The minimum atomic E-state index is -0.724. The number of hydrogen-bond acceptors (Lipinski definition) is 4. The zero-order valence-corrected chi connectivity index (χ0v) is 15.3. The van der Waals surface area contributed by atoms with E-state index in [1.807, 2.05) is 0 Å². The number of carboxylic acids is 1. The van der Waals surface area contributed by atoms with Gasteiger partial charge in [-0.3, -0.25) is 9.59 Å². The summed E-state index contributed by atoms with van der Waals surface area (Å²) in [5.74, 6) is -1.18. The quantitative estimate of drug-likeness (QED) is 0.830. The van der Waals surface area contributed by atoms with E-state index in [1.165, 1.54) is 23.5 Å². The maximum Gasteiger partial charge on any atom is 0.306 e. The molecule has 3 rings (SSSR count). The van der Waals surface area contributed by atoms with Crippen LogP contribution in [0.2, 0.25) is 0 Å². The SMILES string of the molecule is Cc1nc(-c2cccc(F)c2)sc1C(=O)NCC1CCC(C(=O)O)CC1. The molecule has 1 fully saturated rings. The molecule has 1 aromatic carbocycles. The molecule has 1 saturated carbocycles. The molecular formula is C19H21FN2O3S. The van der Waals surface area contributed by atoms with E-state index in [9.17, 15) is 14.0 Å². The van der Waals surface area contributed by atoms with Crippen molar-refractivity contribution >= 4 is 23.2 Å². The van der Waals surface area contributed by atoms with Crippen molar-refractivity contribution in [3.8, 4) is 10.6 Å². The molecule has 0 atom stereocenters. The number of carbonyl (C=O) groups is 2. The lowest BCUT2D eigenvalue weighted by molar-refractivity contribution is -0.143. The maximum atomic E-state index is 13.4. The van der Waals surface area contributed by atoms with Crippen LogP contribution in [0.5, 0.6) is 0 Å². The molecule has 138 valence electrons. The Labute approximate surface area is 155 Å². The fraction of sp³-hybridized carbons (Fsp3) is 0.421. The van der Waals surface area contributed by atoms with Gasteiger partial charge in [-0.05, 0) is 50.7 Å². The van der Waals surface area contributed by atoms with Crippen molar-refractivity contribution in [2.45, 2.75) is 32.6 Å². The normalized spacial score (nSPS) is 19.9. The number of aryl methyl sites for hydroxylation is 1. The Hall–Kier alpha value is -2.28. The van der Waals surface area contributed by atoms with Crippen molar-refractivity contribution in [2.75, 3.05) is 6.54 Å². The molecule has 26 heavy (non-hydrogen) atoms. The van der Waals surface area contributed by atoms with Gasteiger partial charge in [-0.25, -0.2) is 9.37 Å². The molecule has 0 saturated heterocycles. The fourth-order valence-corrected chi connectivity index (χ4v) is 4.26. The number of hydrogen-bond donors (Lipinski definition) is 2. The molecule has 2 aromatic rings. The van der Waals surface area contributed by atoms with Gasteiger partial charge in [-0.1, -0.05) is 12.1 Å². The summed E-state index contributed by atoms with van der Waals surface area (Å²) in [5, 5.41) is 12.6. The number of aromatic nitrogens is 1. The van der Waals surface area contributed by atoms with Crippen LogP contribution in [0.3, 0.4) is 0 Å². The highest BCUT2D eigenvalue weighted by Gasteiger charge is 2.26. The van der Waals surface area contributed by atoms with Crippen molar-refractivity contribution < 1.29 is 19.1 Å². The van der Waals surface area contributed by atoms with Crippen LogP contribution in [0.25, 0.3) is 10.6 Å². The second-order valence-electron chi connectivity index (χ2n) is 6.71. The lowest BCUT2D eigenvalue weighted by atomic mass is 9.82. The fourth-order valence-electron chi connectivity index (χ4n) is 3.28. The minimum absolute atomic E-state index is 0.178. The van der Waals surface area contributed by atoms with Crippen LogP contribution in [0, 0.1) is 24.6 Å². The second-order valence-corrected chi connectivity index (χ2v) is 7.71. The first-order valence-corrected chi connectivity index (χ1v) is 9.50. The Morgan fingerprint density at radius 2 is 2.04 bits per heavy atom. The number of nitrogens with one attached hydrogen (secondary N) is 1. The Morgan fingerprint density at radius 1 is 1.31 bits per heavy atom. The van der Waals surface area contributed by atoms with E-state index < -0.39 is 5.97 Å². The molecule has 0 radical (unpaired) electrons. The average molecular weight is 376 g/mol. The third-order valence-electron chi connectivity index (χ3n) is 4.82. The van der Waals surface area contributed by atoms with Gasteiger partial charge in [-0.15, -0.1) is 11.3 Å². The minimum Gasteiger partial charge on any atom is -0.481 e. The molecule has 0 bridgehead atoms. The number of halogens is 1. The lowest BCUT2D eigenvalue weighted by Gasteiger charge is -2.26. The zero-order chi connectivity index (χ0) is 18.7. The lowest BCUT2D eigenvalue weighted by Crippen LogP contribution is -2.32. The van der Waals surface area contributed by atoms with Gasteiger partial charge in [0, 0.05) is 12.1 Å². The first-order chi connectivity index (χ1) is 12.4. The van der Waals surface area contributed by atoms with Gasteiger partial charge in [0.05, 0.1) is 11.6 Å². The predicted octanol–water partition coefficient (Wildman–Crippen LogP) is 3.88. The van der Waals surface area contributed by atoms with Gasteiger partial charge in [-0.2, -0.15) is 0 Å². The van der Waals surface area contributed by atoms with E-state index in [-0.39, 0.29) is 17.6 Å². The van der Waals surface area contributed by atoms with E-state index in [0.717, 1.165) is 12.8 Å². The van der Waals surface area contributed by atoms with Gasteiger partial charge in [0.15, 0.2) is 0 Å². The van der Waals surface area contributed by atoms with Gasteiger partial charge in [0.2, 0.25) is 0 Å². The van der Waals surface area contributed by atoms with Crippen LogP contribution >= 0.6 is 11.3 Å². The number of rotatable bonds is 5. The summed E-state index contributed by atoms with van der Waals surface area (Å²) in [5.41, 5.74) is 1.28. The van der Waals surface area contributed by atoms with Gasteiger partial charge < -0.3 is 10.4 Å². The van der Waals surface area contributed by atoms with Gasteiger partial charge >= 0.3 is 5.97 Å². The smallest absolute Gasteiger partial charge is 0.306 e. The van der Waals surface area contributed by atoms with Crippen LogP contribution in [-0.4, -0.2) is 28.5 Å². The van der Waals surface area contributed by atoms with Crippen LogP contribution < -0.4 is 5.32 Å². The number of thiazole rings is 1. The molecule has 1 heterocycles. The highest BCUT2D eigenvalue weighted by Crippen LogP contribution is 2.30. The summed E-state index contributed by atoms with van der Waals surface area (Å²) in [6.07, 6.45) is 2.96. The summed E-state index contributed by atoms with van der Waals surface area (Å²) < 4.78 is 13.4. The zero-order valence-electron chi connectivity index (χ0n) is 14.5. The average Bonchev–Trinajstić information content (AvgIpc) is 3.02. The standard InChI is InChI=1S/C19H21FN2O3S/c1-11-16(26-18(22-11)14-3-2-4-15(20)9-14)17(23)21-10-12-5-7-13(8-6-12)19(24)25/h2-4,9,12-13H,5-8,10H2,1H3,(H,21,23)(H,24,25). The van der Waals surface area contributed by atoms with Crippen LogP contribution in [0.4, 0.5) is 4.39 Å². The molecular weight excluding hydrogens is 355 g/mol. The molecule has 0 spiro atoms. The van der Waals surface area contributed by atoms with Crippen LogP contribution in [0.15, 0.2) is 24.3 Å². The molecule has 7 heteroatoms. The van der Waals surface area contributed by atoms with E-state index in [1.54, 1.807) is 19.1 Å². The Bertz CT molecular complexity index is 813. The monoisotopic (exact) mass is 376 g/mol. The van der Waals surface area contributed by atoms with E-state index in [4.69, 9.17) is 5.11 Å².